The van der Waals surface area contributed by atoms with Gasteiger partial charge in [0.1, 0.15) is 0 Å². The monoisotopic (exact) mass is 1090 g/mol. The van der Waals surface area contributed by atoms with E-state index in [0.717, 1.165) is 116 Å². The maximum atomic E-state index is 12.8. The van der Waals surface area contributed by atoms with E-state index in [-0.39, 0.29) is 55.5 Å². The third kappa shape index (κ3) is 47.1. The molecular formula is C66H126N2O9. The van der Waals surface area contributed by atoms with Gasteiger partial charge in [0.25, 0.3) is 0 Å². The van der Waals surface area contributed by atoms with Crippen LogP contribution in [0.25, 0.3) is 0 Å². The number of nitrogens with zero attached hydrogens (tertiary/aromatic N) is 2. The standard InChI is InChI=1S/C66H126N2O9/c1-5-9-13-17-21-25-29-33-46-63(70)74-56-60(57-75-64(71)47-34-30-26-22-18-14-10-6-2)42-37-39-50-67(54-55-69)52-53-68(62-44-41-45-62)51-40-38-43-61(58-76-65(72)48-35-31-27-23-19-15-11-7-3)59-77-66(73)49-36-32-28-24-20-16-12-8-4/h60-62,69H,5-59H2,1-4H3. The van der Waals surface area contributed by atoms with Crippen LogP contribution in [0.4, 0.5) is 0 Å². The largest absolute Gasteiger partial charge is 0.465 e. The molecular weight excluding hydrogens is 965 g/mol. The van der Waals surface area contributed by atoms with E-state index in [9.17, 15) is 24.3 Å². The lowest BCUT2D eigenvalue weighted by Gasteiger charge is -2.39. The van der Waals surface area contributed by atoms with Crippen molar-refractivity contribution in [2.24, 2.45) is 11.8 Å². The number of carbonyl (C=O) groups excluding carboxylic acids is 4. The van der Waals surface area contributed by atoms with Gasteiger partial charge in [-0.3, -0.25) is 29.0 Å². The minimum atomic E-state index is -0.147. The third-order valence-electron chi connectivity index (χ3n) is 16.2. The molecule has 0 radical (unpaired) electrons. The normalized spacial score (nSPS) is 12.8. The molecule has 0 heterocycles. The fourth-order valence-electron chi connectivity index (χ4n) is 10.7. The van der Waals surface area contributed by atoms with Crippen LogP contribution in [0.3, 0.4) is 0 Å². The van der Waals surface area contributed by atoms with Crippen LogP contribution in [-0.4, -0.2) is 111 Å². The third-order valence-corrected chi connectivity index (χ3v) is 16.2. The molecule has 1 aliphatic rings. The smallest absolute Gasteiger partial charge is 0.305 e. The van der Waals surface area contributed by atoms with E-state index in [2.05, 4.69) is 37.5 Å². The van der Waals surface area contributed by atoms with Gasteiger partial charge in [0, 0.05) is 63.2 Å². The van der Waals surface area contributed by atoms with Crippen molar-refractivity contribution in [3.8, 4) is 0 Å². The fraction of sp³-hybridized carbons (Fsp3) is 0.939. The zero-order valence-electron chi connectivity index (χ0n) is 51.2. The lowest BCUT2D eigenvalue weighted by atomic mass is 9.91. The molecule has 1 aliphatic carbocycles. The number of esters is 4. The molecule has 1 N–H and O–H groups in total. The number of rotatable bonds is 60. The molecule has 0 aromatic heterocycles. The number of ether oxygens (including phenoxy) is 4. The van der Waals surface area contributed by atoms with Crippen LogP contribution < -0.4 is 0 Å². The van der Waals surface area contributed by atoms with E-state index in [1.807, 2.05) is 0 Å². The molecule has 0 unspecified atom stereocenters. The van der Waals surface area contributed by atoms with Gasteiger partial charge in [0.05, 0.1) is 33.0 Å². The van der Waals surface area contributed by atoms with Crippen LogP contribution >= 0.6 is 0 Å². The summed E-state index contributed by atoms with van der Waals surface area (Å²) < 4.78 is 23.3. The van der Waals surface area contributed by atoms with Crippen molar-refractivity contribution in [3.63, 3.8) is 0 Å². The summed E-state index contributed by atoms with van der Waals surface area (Å²) in [5, 5.41) is 10.1. The van der Waals surface area contributed by atoms with E-state index in [1.54, 1.807) is 0 Å². The van der Waals surface area contributed by atoms with Crippen molar-refractivity contribution >= 4 is 23.9 Å². The highest BCUT2D eigenvalue weighted by Gasteiger charge is 2.25. The zero-order valence-corrected chi connectivity index (χ0v) is 51.2. The second-order valence-electron chi connectivity index (χ2n) is 23.5. The van der Waals surface area contributed by atoms with E-state index in [0.29, 0.717) is 51.5 Å². The Labute approximate surface area is 475 Å². The average molecular weight is 1090 g/mol. The summed E-state index contributed by atoms with van der Waals surface area (Å²) in [6.45, 7) is 14.6. The molecule has 0 bridgehead atoms. The highest BCUT2D eigenvalue weighted by atomic mass is 16.6. The number of unbranched alkanes of at least 4 members (excludes halogenated alkanes) is 30. The van der Waals surface area contributed by atoms with Crippen molar-refractivity contribution in [3.05, 3.63) is 0 Å². The van der Waals surface area contributed by atoms with E-state index in [4.69, 9.17) is 18.9 Å². The second kappa shape index (κ2) is 55.7. The molecule has 11 nitrogen and oxygen atoms in total. The van der Waals surface area contributed by atoms with Crippen LogP contribution in [0.15, 0.2) is 0 Å². The van der Waals surface area contributed by atoms with Crippen LogP contribution in [-0.2, 0) is 38.1 Å². The van der Waals surface area contributed by atoms with Gasteiger partial charge in [-0.25, -0.2) is 0 Å². The van der Waals surface area contributed by atoms with Crippen molar-refractivity contribution in [2.45, 2.75) is 323 Å². The maximum Gasteiger partial charge on any atom is 0.305 e. The molecule has 77 heavy (non-hydrogen) atoms. The molecule has 1 saturated carbocycles. The molecule has 11 heteroatoms. The fourth-order valence-corrected chi connectivity index (χ4v) is 10.7. The Bertz CT molecular complexity index is 1260. The van der Waals surface area contributed by atoms with Gasteiger partial charge in [-0.1, -0.05) is 227 Å². The predicted octanol–water partition coefficient (Wildman–Crippen LogP) is 17.0. The average Bonchev–Trinajstić information content (AvgIpc) is 3.41. The predicted molar refractivity (Wildman–Crippen MR) is 320 cm³/mol. The van der Waals surface area contributed by atoms with E-state index < -0.39 is 0 Å². The summed E-state index contributed by atoms with van der Waals surface area (Å²) in [6.07, 6.45) is 49.0. The summed E-state index contributed by atoms with van der Waals surface area (Å²) in [5.74, 6) is -0.596. The minimum Gasteiger partial charge on any atom is -0.465 e. The Morgan fingerprint density at radius 3 is 0.948 bits per heavy atom. The summed E-state index contributed by atoms with van der Waals surface area (Å²) >= 11 is 0. The lowest BCUT2D eigenvalue weighted by Crippen LogP contribution is -2.45. The first-order valence-corrected chi connectivity index (χ1v) is 33.5. The molecule has 454 valence electrons. The molecule has 0 spiro atoms. The number of hydrogen-bond acceptors (Lipinski definition) is 11. The first-order chi connectivity index (χ1) is 37.8. The van der Waals surface area contributed by atoms with Crippen LogP contribution in [0.2, 0.25) is 0 Å². The van der Waals surface area contributed by atoms with Crippen LogP contribution in [0.5, 0.6) is 0 Å². The summed E-state index contributed by atoms with van der Waals surface area (Å²) in [5.41, 5.74) is 0. The second-order valence-corrected chi connectivity index (χ2v) is 23.5. The lowest BCUT2D eigenvalue weighted by molar-refractivity contribution is -0.151. The Morgan fingerprint density at radius 1 is 0.364 bits per heavy atom. The van der Waals surface area contributed by atoms with E-state index in [1.165, 1.54) is 173 Å². The minimum absolute atomic E-state index is 0.00430. The van der Waals surface area contributed by atoms with Crippen molar-refractivity contribution in [2.75, 3.05) is 65.8 Å². The van der Waals surface area contributed by atoms with Gasteiger partial charge >= 0.3 is 23.9 Å². The summed E-state index contributed by atoms with van der Waals surface area (Å²) in [4.78, 5) is 56.2. The molecule has 0 saturated heterocycles. The Hall–Kier alpha value is -2.24. The van der Waals surface area contributed by atoms with Gasteiger partial charge in [0.2, 0.25) is 0 Å². The molecule has 0 atom stereocenters. The topological polar surface area (TPSA) is 132 Å². The molecule has 0 amide bonds. The number of hydrogen-bond donors (Lipinski definition) is 1. The van der Waals surface area contributed by atoms with Gasteiger partial charge in [-0.15, -0.1) is 0 Å². The van der Waals surface area contributed by atoms with Gasteiger partial charge in [0.15, 0.2) is 0 Å². The van der Waals surface area contributed by atoms with E-state index >= 15 is 0 Å². The molecule has 0 aliphatic heterocycles. The zero-order chi connectivity index (χ0) is 55.9. The van der Waals surface area contributed by atoms with Gasteiger partial charge in [-0.05, 0) is 77.3 Å². The molecule has 0 aromatic rings. The van der Waals surface area contributed by atoms with Crippen LogP contribution in [0.1, 0.15) is 317 Å². The molecule has 1 fully saturated rings. The number of carbonyl (C=O) groups is 4. The first kappa shape index (κ1) is 72.8. The Morgan fingerprint density at radius 2 is 0.662 bits per heavy atom. The van der Waals surface area contributed by atoms with Gasteiger partial charge in [-0.2, -0.15) is 0 Å². The van der Waals surface area contributed by atoms with Crippen molar-refractivity contribution in [1.82, 2.24) is 9.80 Å². The highest BCUT2D eigenvalue weighted by Crippen LogP contribution is 2.26. The first-order valence-electron chi connectivity index (χ1n) is 33.5. The Balaban J connectivity index is 2.71. The number of aliphatic hydroxyl groups is 1. The highest BCUT2D eigenvalue weighted by molar-refractivity contribution is 5.70. The molecule has 1 rings (SSSR count). The summed E-state index contributed by atoms with van der Waals surface area (Å²) in [6, 6.07) is 0.591. The quantitative estimate of drug-likeness (QED) is 0.0355. The summed E-state index contributed by atoms with van der Waals surface area (Å²) in [7, 11) is 0. The number of aliphatic hydroxyl groups excluding tert-OH is 1. The van der Waals surface area contributed by atoms with Crippen molar-refractivity contribution in [1.29, 1.82) is 0 Å². The van der Waals surface area contributed by atoms with Crippen molar-refractivity contribution < 1.29 is 43.2 Å². The molecule has 0 aromatic carbocycles. The SMILES string of the molecule is CCCCCCCCCCC(=O)OCC(CCCCN(CCO)CCN(CCCCC(COC(=O)CCCCCCCCCC)COC(=O)CCCCCCCCCC)C1CCC1)COC(=O)CCCCCCCCCC. The van der Waals surface area contributed by atoms with Crippen LogP contribution in [0, 0.1) is 11.8 Å². The van der Waals surface area contributed by atoms with Gasteiger partial charge < -0.3 is 24.1 Å². The maximum absolute atomic E-state index is 12.8. The Kier molecular flexibility index (Phi) is 52.6.